The average molecular weight is 320 g/mol. The van der Waals surface area contributed by atoms with Crippen molar-refractivity contribution in [2.75, 3.05) is 32.1 Å². The Labute approximate surface area is 138 Å². The monoisotopic (exact) mass is 320 g/mol. The molecule has 0 aliphatic carbocycles. The molecule has 0 bridgehead atoms. The molecule has 0 amide bonds. The fourth-order valence-corrected chi connectivity index (χ4v) is 2.49. The van der Waals surface area contributed by atoms with E-state index in [1.807, 2.05) is 26.2 Å². The maximum atomic E-state index is 11.1. The average Bonchev–Trinajstić information content (AvgIpc) is 2.58. The Bertz CT molecular complexity index is 456. The van der Waals surface area contributed by atoms with Gasteiger partial charge in [0.1, 0.15) is 18.4 Å². The van der Waals surface area contributed by atoms with Gasteiger partial charge in [-0.05, 0) is 45.0 Å². The lowest BCUT2D eigenvalue weighted by Crippen LogP contribution is -2.40. The largest absolute Gasteiger partial charge is 0.357 e. The Kier molecular flexibility index (Phi) is 9.09. The van der Waals surface area contributed by atoms with Gasteiger partial charge in [0.2, 0.25) is 0 Å². The predicted molar refractivity (Wildman–Crippen MR) is 92.7 cm³/mol. The van der Waals surface area contributed by atoms with Crippen molar-refractivity contribution in [3.8, 4) is 0 Å². The van der Waals surface area contributed by atoms with Crippen LogP contribution in [-0.2, 0) is 9.59 Å². The molecule has 1 aromatic rings. The number of rotatable bonds is 6. The van der Waals surface area contributed by atoms with Gasteiger partial charge in [0.15, 0.2) is 0 Å². The molecule has 2 rings (SSSR count). The van der Waals surface area contributed by atoms with Crippen molar-refractivity contribution in [3.05, 3.63) is 23.9 Å². The summed E-state index contributed by atoms with van der Waals surface area (Å²) in [4.78, 5) is 28.1. The fourth-order valence-electron chi connectivity index (χ4n) is 2.49. The molecule has 1 atom stereocenters. The van der Waals surface area contributed by atoms with E-state index in [9.17, 15) is 9.59 Å². The standard InChI is InChI=1S/C15H21N3O2.C2H7N/c16-14-5-7-18(8-6-14)15-4-3-12(10-17-15)13(11-20)2-1-9-19;1-3-2/h3-4,9-11,13-14H,1-2,5-8,16H2;3H,1-2H3. The van der Waals surface area contributed by atoms with Gasteiger partial charge in [0, 0.05) is 37.7 Å². The van der Waals surface area contributed by atoms with E-state index in [1.165, 1.54) is 0 Å². The van der Waals surface area contributed by atoms with E-state index in [1.54, 1.807) is 6.20 Å². The molecule has 0 aromatic carbocycles. The SMILES string of the molecule is CNC.NC1CCN(c2ccc(C(C=O)CCC=O)cn2)CC1. The van der Waals surface area contributed by atoms with Crippen LogP contribution in [0, 0.1) is 0 Å². The van der Waals surface area contributed by atoms with Crippen LogP contribution in [0.4, 0.5) is 5.82 Å². The number of carbonyl (C=O) groups is 2. The van der Waals surface area contributed by atoms with Crippen LogP contribution < -0.4 is 16.0 Å². The zero-order chi connectivity index (χ0) is 17.1. The van der Waals surface area contributed by atoms with Crippen LogP contribution in [0.2, 0.25) is 0 Å². The molecular formula is C17H28N4O2. The van der Waals surface area contributed by atoms with Crippen LogP contribution in [0.3, 0.4) is 0 Å². The number of aldehydes is 2. The molecule has 1 unspecified atom stereocenters. The minimum atomic E-state index is -0.239. The van der Waals surface area contributed by atoms with Crippen molar-refractivity contribution in [2.45, 2.75) is 37.6 Å². The third kappa shape index (κ3) is 6.46. The van der Waals surface area contributed by atoms with E-state index in [4.69, 9.17) is 5.73 Å². The van der Waals surface area contributed by atoms with Gasteiger partial charge in [0.05, 0.1) is 0 Å². The van der Waals surface area contributed by atoms with Crippen LogP contribution in [0.1, 0.15) is 37.2 Å². The normalized spacial score (nSPS) is 16.2. The summed E-state index contributed by atoms with van der Waals surface area (Å²) < 4.78 is 0. The molecule has 0 spiro atoms. The van der Waals surface area contributed by atoms with Gasteiger partial charge < -0.3 is 25.5 Å². The number of hydrogen-bond donors (Lipinski definition) is 2. The summed E-state index contributed by atoms with van der Waals surface area (Å²) >= 11 is 0. The molecule has 6 heteroatoms. The van der Waals surface area contributed by atoms with E-state index in [2.05, 4.69) is 15.2 Å². The lowest BCUT2D eigenvalue weighted by molar-refractivity contribution is -0.109. The minimum Gasteiger partial charge on any atom is -0.357 e. The van der Waals surface area contributed by atoms with Crippen LogP contribution in [0.15, 0.2) is 18.3 Å². The number of aromatic nitrogens is 1. The first-order valence-electron chi connectivity index (χ1n) is 8.10. The van der Waals surface area contributed by atoms with Crippen LogP contribution >= 0.6 is 0 Å². The topological polar surface area (TPSA) is 88.3 Å². The van der Waals surface area contributed by atoms with Gasteiger partial charge in [-0.25, -0.2) is 4.98 Å². The zero-order valence-corrected chi connectivity index (χ0v) is 14.1. The third-order valence-corrected chi connectivity index (χ3v) is 3.82. The molecule has 23 heavy (non-hydrogen) atoms. The second kappa shape index (κ2) is 10.9. The second-order valence-electron chi connectivity index (χ2n) is 5.76. The summed E-state index contributed by atoms with van der Waals surface area (Å²) in [5.74, 6) is 0.692. The van der Waals surface area contributed by atoms with Crippen LogP contribution in [-0.4, -0.2) is 50.8 Å². The number of piperidine rings is 1. The summed E-state index contributed by atoms with van der Waals surface area (Å²) in [6.07, 6.45) is 6.39. The Morgan fingerprint density at radius 3 is 2.48 bits per heavy atom. The van der Waals surface area contributed by atoms with Crippen molar-refractivity contribution in [1.82, 2.24) is 10.3 Å². The lowest BCUT2D eigenvalue weighted by atomic mass is 9.97. The van der Waals surface area contributed by atoms with Gasteiger partial charge in [-0.3, -0.25) is 0 Å². The molecule has 6 nitrogen and oxygen atoms in total. The van der Waals surface area contributed by atoms with Crippen molar-refractivity contribution >= 4 is 18.4 Å². The Morgan fingerprint density at radius 2 is 2.00 bits per heavy atom. The number of nitrogens with two attached hydrogens (primary N) is 1. The molecule has 2 heterocycles. The van der Waals surface area contributed by atoms with Gasteiger partial charge in [0.25, 0.3) is 0 Å². The fraction of sp³-hybridized carbons (Fsp3) is 0.588. The highest BCUT2D eigenvalue weighted by atomic mass is 16.1. The smallest absolute Gasteiger partial charge is 0.128 e. The summed E-state index contributed by atoms with van der Waals surface area (Å²) in [5.41, 5.74) is 6.76. The molecular weight excluding hydrogens is 292 g/mol. The quantitative estimate of drug-likeness (QED) is 0.763. The summed E-state index contributed by atoms with van der Waals surface area (Å²) in [6.45, 7) is 1.85. The van der Waals surface area contributed by atoms with Crippen molar-refractivity contribution in [2.24, 2.45) is 5.73 Å². The number of carbonyl (C=O) groups excluding carboxylic acids is 2. The maximum absolute atomic E-state index is 11.1. The van der Waals surface area contributed by atoms with Gasteiger partial charge in [-0.15, -0.1) is 0 Å². The molecule has 1 aliphatic rings. The Hall–Kier alpha value is -1.79. The van der Waals surface area contributed by atoms with Crippen molar-refractivity contribution < 1.29 is 9.59 Å². The van der Waals surface area contributed by atoms with Crippen LogP contribution in [0.5, 0.6) is 0 Å². The number of nitrogens with one attached hydrogen (secondary N) is 1. The van der Waals surface area contributed by atoms with E-state index in [-0.39, 0.29) is 5.92 Å². The highest BCUT2D eigenvalue weighted by Crippen LogP contribution is 2.22. The summed E-state index contributed by atoms with van der Waals surface area (Å²) in [6, 6.07) is 4.18. The molecule has 0 radical (unpaired) electrons. The second-order valence-corrected chi connectivity index (χ2v) is 5.76. The first-order chi connectivity index (χ1) is 11.2. The summed E-state index contributed by atoms with van der Waals surface area (Å²) in [7, 11) is 3.75. The van der Waals surface area contributed by atoms with Crippen molar-refractivity contribution in [3.63, 3.8) is 0 Å². The van der Waals surface area contributed by atoms with E-state index < -0.39 is 0 Å². The molecule has 1 aliphatic heterocycles. The zero-order valence-electron chi connectivity index (χ0n) is 14.1. The highest BCUT2D eigenvalue weighted by molar-refractivity contribution is 5.63. The number of anilines is 1. The maximum Gasteiger partial charge on any atom is 0.128 e. The first kappa shape index (κ1) is 19.3. The van der Waals surface area contributed by atoms with Gasteiger partial charge >= 0.3 is 0 Å². The van der Waals surface area contributed by atoms with Gasteiger partial charge in [-0.1, -0.05) is 6.07 Å². The third-order valence-electron chi connectivity index (χ3n) is 3.82. The highest BCUT2D eigenvalue weighted by Gasteiger charge is 2.17. The Morgan fingerprint density at radius 1 is 1.35 bits per heavy atom. The van der Waals surface area contributed by atoms with Crippen LogP contribution in [0.25, 0.3) is 0 Å². The minimum absolute atomic E-state index is 0.239. The predicted octanol–water partition coefficient (Wildman–Crippen LogP) is 1.11. The molecule has 1 saturated heterocycles. The van der Waals surface area contributed by atoms with Gasteiger partial charge in [-0.2, -0.15) is 0 Å². The van der Waals surface area contributed by atoms with E-state index >= 15 is 0 Å². The number of hydrogen-bond acceptors (Lipinski definition) is 6. The van der Waals surface area contributed by atoms with Crippen molar-refractivity contribution in [1.29, 1.82) is 0 Å². The molecule has 1 fully saturated rings. The molecule has 1 aromatic heterocycles. The molecule has 3 N–H and O–H groups in total. The number of nitrogens with zero attached hydrogens (tertiary/aromatic N) is 2. The van der Waals surface area contributed by atoms with E-state index in [0.29, 0.717) is 18.9 Å². The van der Waals surface area contributed by atoms with E-state index in [0.717, 1.165) is 49.9 Å². The molecule has 0 saturated carbocycles. The molecule has 128 valence electrons. The first-order valence-corrected chi connectivity index (χ1v) is 8.10. The number of pyridine rings is 1. The lowest BCUT2D eigenvalue weighted by Gasteiger charge is -2.31. The summed E-state index contributed by atoms with van der Waals surface area (Å²) in [5, 5.41) is 2.75. The Balaban J connectivity index is 0.000000816.